The van der Waals surface area contributed by atoms with Gasteiger partial charge in [0.25, 0.3) is 5.91 Å². The molecule has 2 rings (SSSR count). The van der Waals surface area contributed by atoms with Gasteiger partial charge in [0.2, 0.25) is 0 Å². The standard InChI is InChI=1S/C21H25Cl3N2O3/c1-5-28-18-8-13(11-25-14-6-7-15(22)17(24)9-14)16(23)10-19(18)29-12-20(27)26-21(2,3)4/h6-10,25H,5,11-12H2,1-4H3,(H,26,27). The molecule has 0 saturated heterocycles. The number of rotatable bonds is 8. The van der Waals surface area contributed by atoms with Crippen LogP contribution >= 0.6 is 34.8 Å². The molecule has 2 aromatic rings. The monoisotopic (exact) mass is 458 g/mol. The summed E-state index contributed by atoms with van der Waals surface area (Å²) in [6.07, 6.45) is 0. The highest BCUT2D eigenvalue weighted by molar-refractivity contribution is 6.42. The van der Waals surface area contributed by atoms with Crippen molar-refractivity contribution in [2.45, 2.75) is 39.8 Å². The van der Waals surface area contributed by atoms with Gasteiger partial charge in [-0.2, -0.15) is 0 Å². The van der Waals surface area contributed by atoms with Gasteiger partial charge < -0.3 is 20.1 Å². The van der Waals surface area contributed by atoms with Gasteiger partial charge in [0.05, 0.1) is 16.7 Å². The van der Waals surface area contributed by atoms with Crippen LogP contribution in [0.15, 0.2) is 30.3 Å². The molecule has 8 heteroatoms. The van der Waals surface area contributed by atoms with Crippen LogP contribution in [0.25, 0.3) is 0 Å². The SMILES string of the molecule is CCOc1cc(CNc2ccc(Cl)c(Cl)c2)c(Cl)cc1OCC(=O)NC(C)(C)C. The van der Waals surface area contributed by atoms with Crippen molar-refractivity contribution in [3.63, 3.8) is 0 Å². The minimum absolute atomic E-state index is 0.130. The highest BCUT2D eigenvalue weighted by atomic mass is 35.5. The lowest BCUT2D eigenvalue weighted by atomic mass is 10.1. The molecule has 0 heterocycles. The molecule has 0 atom stereocenters. The van der Waals surface area contributed by atoms with Crippen LogP contribution in [-0.2, 0) is 11.3 Å². The lowest BCUT2D eigenvalue weighted by molar-refractivity contribution is -0.124. The van der Waals surface area contributed by atoms with Gasteiger partial charge in [-0.1, -0.05) is 34.8 Å². The second-order valence-electron chi connectivity index (χ2n) is 7.39. The summed E-state index contributed by atoms with van der Waals surface area (Å²) in [6.45, 7) is 8.36. The van der Waals surface area contributed by atoms with Gasteiger partial charge >= 0.3 is 0 Å². The molecule has 0 aliphatic rings. The first-order valence-electron chi connectivity index (χ1n) is 9.17. The number of nitrogens with one attached hydrogen (secondary N) is 2. The molecule has 0 bridgehead atoms. The van der Waals surface area contributed by atoms with Crippen molar-refractivity contribution in [2.75, 3.05) is 18.5 Å². The lowest BCUT2D eigenvalue weighted by Crippen LogP contribution is -2.43. The summed E-state index contributed by atoms with van der Waals surface area (Å²) < 4.78 is 11.3. The van der Waals surface area contributed by atoms with E-state index < -0.39 is 0 Å². The maximum atomic E-state index is 12.0. The number of carbonyl (C=O) groups excluding carboxylic acids is 1. The van der Waals surface area contributed by atoms with Crippen LogP contribution in [0.2, 0.25) is 15.1 Å². The fourth-order valence-corrected chi connectivity index (χ4v) is 3.01. The Morgan fingerprint density at radius 2 is 1.66 bits per heavy atom. The van der Waals surface area contributed by atoms with Crippen molar-refractivity contribution in [1.82, 2.24) is 5.32 Å². The Kier molecular flexibility index (Phi) is 8.32. The van der Waals surface area contributed by atoms with Crippen LogP contribution in [0.4, 0.5) is 5.69 Å². The zero-order chi connectivity index (χ0) is 21.6. The average molecular weight is 460 g/mol. The molecule has 0 aromatic heterocycles. The van der Waals surface area contributed by atoms with E-state index in [4.69, 9.17) is 44.3 Å². The van der Waals surface area contributed by atoms with E-state index in [-0.39, 0.29) is 18.1 Å². The first kappa shape index (κ1) is 23.5. The minimum atomic E-state index is -0.332. The van der Waals surface area contributed by atoms with Gasteiger partial charge in [-0.3, -0.25) is 4.79 Å². The van der Waals surface area contributed by atoms with Crippen LogP contribution in [0.1, 0.15) is 33.3 Å². The van der Waals surface area contributed by atoms with Gasteiger partial charge in [0.1, 0.15) is 0 Å². The van der Waals surface area contributed by atoms with E-state index in [1.54, 1.807) is 24.3 Å². The first-order valence-corrected chi connectivity index (χ1v) is 10.3. The third-order valence-corrected chi connectivity index (χ3v) is 4.78. The van der Waals surface area contributed by atoms with E-state index in [1.807, 2.05) is 33.8 Å². The lowest BCUT2D eigenvalue weighted by Gasteiger charge is -2.21. The molecule has 0 unspecified atom stereocenters. The van der Waals surface area contributed by atoms with Crippen molar-refractivity contribution in [3.05, 3.63) is 51.0 Å². The van der Waals surface area contributed by atoms with Gasteiger partial charge in [-0.05, 0) is 57.5 Å². The van der Waals surface area contributed by atoms with Crippen molar-refractivity contribution >= 4 is 46.4 Å². The first-order chi connectivity index (χ1) is 13.6. The number of benzene rings is 2. The van der Waals surface area contributed by atoms with E-state index in [2.05, 4.69) is 10.6 Å². The number of anilines is 1. The zero-order valence-corrected chi connectivity index (χ0v) is 19.1. The van der Waals surface area contributed by atoms with E-state index >= 15 is 0 Å². The summed E-state index contributed by atoms with van der Waals surface area (Å²) in [7, 11) is 0. The van der Waals surface area contributed by atoms with Gasteiger partial charge in [0, 0.05) is 28.9 Å². The Bertz CT molecular complexity index is 867. The summed E-state index contributed by atoms with van der Waals surface area (Å²) in [5.41, 5.74) is 1.29. The van der Waals surface area contributed by atoms with Crippen molar-refractivity contribution < 1.29 is 14.3 Å². The van der Waals surface area contributed by atoms with Crippen LogP contribution in [-0.4, -0.2) is 24.7 Å². The molecule has 0 radical (unpaired) electrons. The van der Waals surface area contributed by atoms with Crippen LogP contribution < -0.4 is 20.1 Å². The number of amides is 1. The minimum Gasteiger partial charge on any atom is -0.490 e. The molecule has 158 valence electrons. The molecule has 5 nitrogen and oxygen atoms in total. The molecule has 2 aromatic carbocycles. The second kappa shape index (κ2) is 10.3. The zero-order valence-electron chi connectivity index (χ0n) is 16.9. The Morgan fingerprint density at radius 3 is 2.28 bits per heavy atom. The highest BCUT2D eigenvalue weighted by Gasteiger charge is 2.16. The molecule has 0 aliphatic heterocycles. The topological polar surface area (TPSA) is 59.6 Å². The summed E-state index contributed by atoms with van der Waals surface area (Å²) in [5.74, 6) is 0.715. The third-order valence-electron chi connectivity index (χ3n) is 3.69. The van der Waals surface area contributed by atoms with Crippen LogP contribution in [0, 0.1) is 0 Å². The van der Waals surface area contributed by atoms with Crippen molar-refractivity contribution in [2.24, 2.45) is 0 Å². The summed E-state index contributed by atoms with van der Waals surface area (Å²) in [5, 5.41) is 7.54. The molecule has 29 heavy (non-hydrogen) atoms. The van der Waals surface area contributed by atoms with Crippen LogP contribution in [0.5, 0.6) is 11.5 Å². The predicted octanol–water partition coefficient (Wildman–Crippen LogP) is 5.95. The maximum absolute atomic E-state index is 12.0. The van der Waals surface area contributed by atoms with Gasteiger partial charge in [-0.25, -0.2) is 0 Å². The van der Waals surface area contributed by atoms with Crippen molar-refractivity contribution in [3.8, 4) is 11.5 Å². The predicted molar refractivity (Wildman–Crippen MR) is 120 cm³/mol. The molecule has 0 saturated carbocycles. The summed E-state index contributed by atoms with van der Waals surface area (Å²) in [4.78, 5) is 12.0. The molecule has 0 spiro atoms. The summed E-state index contributed by atoms with van der Waals surface area (Å²) in [6, 6.07) is 8.75. The molecular weight excluding hydrogens is 435 g/mol. The third kappa shape index (κ3) is 7.50. The fourth-order valence-electron chi connectivity index (χ4n) is 2.49. The highest BCUT2D eigenvalue weighted by Crippen LogP contribution is 2.34. The number of hydrogen-bond donors (Lipinski definition) is 2. The smallest absolute Gasteiger partial charge is 0.258 e. The van der Waals surface area contributed by atoms with Gasteiger partial charge in [-0.15, -0.1) is 0 Å². The molecular formula is C21H25Cl3N2O3. The normalized spacial score (nSPS) is 11.1. The van der Waals surface area contributed by atoms with Gasteiger partial charge in [0.15, 0.2) is 18.1 Å². The molecule has 0 aliphatic carbocycles. The Morgan fingerprint density at radius 1 is 0.966 bits per heavy atom. The Balaban J connectivity index is 2.11. The quantitative estimate of drug-likeness (QED) is 0.512. The molecule has 1 amide bonds. The Labute approximate surface area is 186 Å². The average Bonchev–Trinajstić information content (AvgIpc) is 2.62. The maximum Gasteiger partial charge on any atom is 0.258 e. The fraction of sp³-hybridized carbons (Fsp3) is 0.381. The van der Waals surface area contributed by atoms with Crippen molar-refractivity contribution in [1.29, 1.82) is 0 Å². The Hall–Kier alpha value is -1.82. The second-order valence-corrected chi connectivity index (χ2v) is 8.61. The number of hydrogen-bond acceptors (Lipinski definition) is 4. The van der Waals surface area contributed by atoms with E-state index in [0.717, 1.165) is 11.3 Å². The largest absolute Gasteiger partial charge is 0.490 e. The van der Waals surface area contributed by atoms with E-state index in [1.165, 1.54) is 0 Å². The molecule has 0 fully saturated rings. The number of carbonyl (C=O) groups is 1. The van der Waals surface area contributed by atoms with E-state index in [9.17, 15) is 4.79 Å². The molecule has 2 N–H and O–H groups in total. The number of halogens is 3. The summed E-state index contributed by atoms with van der Waals surface area (Å²) >= 11 is 18.4. The van der Waals surface area contributed by atoms with Crippen LogP contribution in [0.3, 0.4) is 0 Å². The van der Waals surface area contributed by atoms with E-state index in [0.29, 0.717) is 39.7 Å². The number of ether oxygens (including phenoxy) is 2.